The van der Waals surface area contributed by atoms with Crippen LogP contribution in [0.1, 0.15) is 32.8 Å². The maximum atomic E-state index is 5.91. The first-order valence-corrected chi connectivity index (χ1v) is 6.82. The Bertz CT molecular complexity index is 362. The molecule has 0 saturated carbocycles. The predicted molar refractivity (Wildman–Crippen MR) is 78.1 cm³/mol. The Morgan fingerprint density at radius 2 is 1.94 bits per heavy atom. The topological polar surface area (TPSA) is 38.5 Å². The van der Waals surface area contributed by atoms with Crippen molar-refractivity contribution in [2.24, 2.45) is 0 Å². The molecular formula is C15H26N2O. The van der Waals surface area contributed by atoms with Crippen LogP contribution >= 0.6 is 0 Å². The summed E-state index contributed by atoms with van der Waals surface area (Å²) in [4.78, 5) is 2.41. The molecule has 3 heteroatoms. The largest absolute Gasteiger partial charge is 0.491 e. The van der Waals surface area contributed by atoms with Crippen molar-refractivity contribution in [1.82, 2.24) is 4.90 Å². The minimum Gasteiger partial charge on any atom is -0.491 e. The first-order chi connectivity index (χ1) is 8.56. The average molecular weight is 250 g/mol. The lowest BCUT2D eigenvalue weighted by atomic mass is 10.2. The predicted octanol–water partition coefficient (Wildman–Crippen LogP) is 3.08. The van der Waals surface area contributed by atoms with Gasteiger partial charge in [0.1, 0.15) is 5.75 Å². The first-order valence-electron chi connectivity index (χ1n) is 6.82. The van der Waals surface area contributed by atoms with Crippen molar-refractivity contribution >= 4 is 5.69 Å². The molecule has 0 saturated heterocycles. The number of benzene rings is 1. The molecule has 0 spiro atoms. The Morgan fingerprint density at radius 1 is 1.28 bits per heavy atom. The maximum Gasteiger partial charge on any atom is 0.120 e. The molecule has 2 N–H and O–H groups in total. The third-order valence-corrected chi connectivity index (χ3v) is 3.32. The zero-order valence-corrected chi connectivity index (χ0v) is 12.1. The Hall–Kier alpha value is -1.22. The van der Waals surface area contributed by atoms with E-state index in [9.17, 15) is 0 Å². The Balaban J connectivity index is 2.44. The molecule has 18 heavy (non-hydrogen) atoms. The van der Waals surface area contributed by atoms with Gasteiger partial charge in [-0.15, -0.1) is 0 Å². The minimum atomic E-state index is 0.230. The number of ether oxygens (including phenoxy) is 1. The molecule has 102 valence electrons. The van der Waals surface area contributed by atoms with Crippen molar-refractivity contribution in [3.63, 3.8) is 0 Å². The summed E-state index contributed by atoms with van der Waals surface area (Å²) in [7, 11) is 0. The maximum absolute atomic E-state index is 5.91. The zero-order chi connectivity index (χ0) is 13.5. The van der Waals surface area contributed by atoms with E-state index in [-0.39, 0.29) is 6.10 Å². The number of hydrogen-bond acceptors (Lipinski definition) is 3. The highest BCUT2D eigenvalue weighted by molar-refractivity contribution is 5.49. The van der Waals surface area contributed by atoms with Gasteiger partial charge in [0.2, 0.25) is 0 Å². The standard InChI is InChI=1S/C15H26N2O/c1-5-17(6-2)10-9-13(4)18-14-7-8-15(16)12(3)11-14/h7-8,11,13H,5-6,9-10,16H2,1-4H3. The minimum absolute atomic E-state index is 0.230. The fourth-order valence-electron chi connectivity index (χ4n) is 1.92. The molecule has 0 aliphatic rings. The fraction of sp³-hybridized carbons (Fsp3) is 0.600. The smallest absolute Gasteiger partial charge is 0.120 e. The van der Waals surface area contributed by atoms with E-state index in [2.05, 4.69) is 25.7 Å². The van der Waals surface area contributed by atoms with E-state index in [1.807, 2.05) is 25.1 Å². The molecular weight excluding hydrogens is 224 g/mol. The van der Waals surface area contributed by atoms with Gasteiger partial charge < -0.3 is 15.4 Å². The van der Waals surface area contributed by atoms with Gasteiger partial charge in [0.05, 0.1) is 6.10 Å². The van der Waals surface area contributed by atoms with Crippen LogP contribution in [0.3, 0.4) is 0 Å². The van der Waals surface area contributed by atoms with E-state index in [4.69, 9.17) is 10.5 Å². The highest BCUT2D eigenvalue weighted by atomic mass is 16.5. The average Bonchev–Trinajstić information content (AvgIpc) is 2.35. The van der Waals surface area contributed by atoms with Crippen LogP contribution < -0.4 is 10.5 Å². The lowest BCUT2D eigenvalue weighted by molar-refractivity contribution is 0.181. The van der Waals surface area contributed by atoms with Gasteiger partial charge in [0.25, 0.3) is 0 Å². The molecule has 3 nitrogen and oxygen atoms in total. The number of hydrogen-bond donors (Lipinski definition) is 1. The second-order valence-electron chi connectivity index (χ2n) is 4.76. The number of nitrogens with zero attached hydrogens (tertiary/aromatic N) is 1. The lowest BCUT2D eigenvalue weighted by Crippen LogP contribution is -2.27. The normalized spacial score (nSPS) is 12.7. The Labute approximate surface area is 111 Å². The Kier molecular flexibility index (Phi) is 5.99. The Morgan fingerprint density at radius 3 is 2.50 bits per heavy atom. The van der Waals surface area contributed by atoms with E-state index in [0.717, 1.165) is 43.1 Å². The highest BCUT2D eigenvalue weighted by Crippen LogP contribution is 2.20. The third-order valence-electron chi connectivity index (χ3n) is 3.32. The van der Waals surface area contributed by atoms with Gasteiger partial charge in [-0.05, 0) is 57.1 Å². The monoisotopic (exact) mass is 250 g/mol. The van der Waals surface area contributed by atoms with Crippen LogP contribution in [0.25, 0.3) is 0 Å². The van der Waals surface area contributed by atoms with Gasteiger partial charge in [-0.3, -0.25) is 0 Å². The SMILES string of the molecule is CCN(CC)CCC(C)Oc1ccc(N)c(C)c1. The number of nitrogen functional groups attached to an aromatic ring is 1. The first kappa shape index (κ1) is 14.8. The van der Waals surface area contributed by atoms with Crippen molar-refractivity contribution in [1.29, 1.82) is 0 Å². The van der Waals surface area contributed by atoms with Crippen molar-refractivity contribution in [2.45, 2.75) is 40.2 Å². The molecule has 1 unspecified atom stereocenters. The molecule has 0 aliphatic heterocycles. The molecule has 0 fully saturated rings. The highest BCUT2D eigenvalue weighted by Gasteiger charge is 2.07. The van der Waals surface area contributed by atoms with E-state index in [0.29, 0.717) is 0 Å². The quantitative estimate of drug-likeness (QED) is 0.756. The summed E-state index contributed by atoms with van der Waals surface area (Å²) in [5.41, 5.74) is 7.68. The number of rotatable bonds is 7. The number of aryl methyl sites for hydroxylation is 1. The van der Waals surface area contributed by atoms with Gasteiger partial charge >= 0.3 is 0 Å². The molecule has 0 aliphatic carbocycles. The van der Waals surface area contributed by atoms with Gasteiger partial charge in [0.15, 0.2) is 0 Å². The summed E-state index contributed by atoms with van der Waals surface area (Å²) in [6, 6.07) is 5.85. The summed E-state index contributed by atoms with van der Waals surface area (Å²) in [5.74, 6) is 0.911. The summed E-state index contributed by atoms with van der Waals surface area (Å²) in [6.45, 7) is 11.8. The third kappa shape index (κ3) is 4.57. The zero-order valence-electron chi connectivity index (χ0n) is 12.1. The summed E-state index contributed by atoms with van der Waals surface area (Å²) < 4.78 is 5.91. The van der Waals surface area contributed by atoms with Crippen LogP contribution in [0.2, 0.25) is 0 Å². The van der Waals surface area contributed by atoms with E-state index < -0.39 is 0 Å². The van der Waals surface area contributed by atoms with E-state index in [1.165, 1.54) is 0 Å². The second-order valence-corrected chi connectivity index (χ2v) is 4.76. The second kappa shape index (κ2) is 7.27. The molecule has 0 aromatic heterocycles. The van der Waals surface area contributed by atoms with Crippen molar-refractivity contribution < 1.29 is 4.74 Å². The van der Waals surface area contributed by atoms with Crippen LogP contribution in [0.4, 0.5) is 5.69 Å². The summed E-state index contributed by atoms with van der Waals surface area (Å²) in [5, 5.41) is 0. The van der Waals surface area contributed by atoms with Gasteiger partial charge in [-0.25, -0.2) is 0 Å². The van der Waals surface area contributed by atoms with Gasteiger partial charge in [0, 0.05) is 12.2 Å². The molecule has 1 atom stereocenters. The summed E-state index contributed by atoms with van der Waals surface area (Å²) in [6.07, 6.45) is 1.28. The van der Waals surface area contributed by atoms with Crippen LogP contribution in [-0.2, 0) is 0 Å². The fourth-order valence-corrected chi connectivity index (χ4v) is 1.92. The molecule has 1 rings (SSSR count). The van der Waals surface area contributed by atoms with Crippen molar-refractivity contribution in [3.8, 4) is 5.75 Å². The molecule has 1 aromatic carbocycles. The van der Waals surface area contributed by atoms with Gasteiger partial charge in [-0.1, -0.05) is 13.8 Å². The molecule has 0 amide bonds. The van der Waals surface area contributed by atoms with E-state index in [1.54, 1.807) is 0 Å². The van der Waals surface area contributed by atoms with Crippen molar-refractivity contribution in [2.75, 3.05) is 25.4 Å². The summed E-state index contributed by atoms with van der Waals surface area (Å²) >= 11 is 0. The number of anilines is 1. The van der Waals surface area contributed by atoms with Crippen LogP contribution in [0, 0.1) is 6.92 Å². The van der Waals surface area contributed by atoms with Crippen LogP contribution in [0.15, 0.2) is 18.2 Å². The lowest BCUT2D eigenvalue weighted by Gasteiger charge is -2.21. The molecule has 0 radical (unpaired) electrons. The van der Waals surface area contributed by atoms with Gasteiger partial charge in [-0.2, -0.15) is 0 Å². The molecule has 1 aromatic rings. The van der Waals surface area contributed by atoms with Crippen LogP contribution in [-0.4, -0.2) is 30.6 Å². The van der Waals surface area contributed by atoms with Crippen molar-refractivity contribution in [3.05, 3.63) is 23.8 Å². The van der Waals surface area contributed by atoms with Crippen LogP contribution in [0.5, 0.6) is 5.75 Å². The molecule has 0 heterocycles. The molecule has 0 bridgehead atoms. The van der Waals surface area contributed by atoms with E-state index >= 15 is 0 Å². The number of nitrogens with two attached hydrogens (primary N) is 1.